The van der Waals surface area contributed by atoms with E-state index < -0.39 is 0 Å². The SMILES string of the molecule is CCc1ccsc1C(=O)c1c[nH]c2cccc(OC)c12. The van der Waals surface area contributed by atoms with Gasteiger partial charge in [0.05, 0.1) is 22.9 Å². The van der Waals surface area contributed by atoms with Crippen molar-refractivity contribution in [1.82, 2.24) is 4.98 Å². The minimum Gasteiger partial charge on any atom is -0.496 e. The number of nitrogens with one attached hydrogen (secondary N) is 1. The zero-order chi connectivity index (χ0) is 14.1. The van der Waals surface area contributed by atoms with Crippen LogP contribution in [-0.4, -0.2) is 17.9 Å². The molecule has 0 spiro atoms. The van der Waals surface area contributed by atoms with Gasteiger partial charge in [-0.1, -0.05) is 13.0 Å². The van der Waals surface area contributed by atoms with Gasteiger partial charge in [-0.2, -0.15) is 0 Å². The third-order valence-electron chi connectivity index (χ3n) is 3.47. The normalized spacial score (nSPS) is 10.9. The van der Waals surface area contributed by atoms with Crippen molar-refractivity contribution in [3.63, 3.8) is 0 Å². The van der Waals surface area contributed by atoms with Gasteiger partial charge in [0, 0.05) is 11.7 Å². The van der Waals surface area contributed by atoms with Gasteiger partial charge in [0.1, 0.15) is 5.75 Å². The molecule has 3 rings (SSSR count). The van der Waals surface area contributed by atoms with Crippen molar-refractivity contribution in [3.05, 3.63) is 51.8 Å². The monoisotopic (exact) mass is 285 g/mol. The van der Waals surface area contributed by atoms with Gasteiger partial charge < -0.3 is 9.72 Å². The van der Waals surface area contributed by atoms with Crippen LogP contribution in [0, 0.1) is 0 Å². The molecule has 1 aromatic carbocycles. The predicted molar refractivity (Wildman–Crippen MR) is 82.0 cm³/mol. The van der Waals surface area contributed by atoms with E-state index in [4.69, 9.17) is 4.74 Å². The highest BCUT2D eigenvalue weighted by atomic mass is 32.1. The van der Waals surface area contributed by atoms with E-state index in [0.29, 0.717) is 5.56 Å². The van der Waals surface area contributed by atoms with Gasteiger partial charge in [-0.05, 0) is 35.6 Å². The maximum absolute atomic E-state index is 12.8. The fourth-order valence-corrected chi connectivity index (χ4v) is 3.39. The number of aryl methyl sites for hydroxylation is 1. The first-order valence-corrected chi connectivity index (χ1v) is 7.39. The van der Waals surface area contributed by atoms with E-state index in [1.165, 1.54) is 11.3 Å². The van der Waals surface area contributed by atoms with Crippen LogP contribution in [0.4, 0.5) is 0 Å². The molecule has 102 valence electrons. The maximum atomic E-state index is 12.8. The zero-order valence-electron chi connectivity index (χ0n) is 11.4. The predicted octanol–water partition coefficient (Wildman–Crippen LogP) is 4.03. The van der Waals surface area contributed by atoms with Crippen LogP contribution in [0.1, 0.15) is 27.7 Å². The largest absolute Gasteiger partial charge is 0.496 e. The lowest BCUT2D eigenvalue weighted by Crippen LogP contribution is -2.01. The molecule has 0 aliphatic rings. The van der Waals surface area contributed by atoms with Crippen molar-refractivity contribution in [2.45, 2.75) is 13.3 Å². The lowest BCUT2D eigenvalue weighted by atomic mass is 10.0. The Morgan fingerprint density at radius 3 is 2.95 bits per heavy atom. The summed E-state index contributed by atoms with van der Waals surface area (Å²) in [6.45, 7) is 2.06. The molecular weight excluding hydrogens is 270 g/mol. The summed E-state index contributed by atoms with van der Waals surface area (Å²) in [5.41, 5.74) is 2.70. The number of thiophene rings is 1. The number of H-pyrrole nitrogens is 1. The van der Waals surface area contributed by atoms with Crippen LogP contribution in [0.25, 0.3) is 10.9 Å². The Morgan fingerprint density at radius 1 is 1.35 bits per heavy atom. The summed E-state index contributed by atoms with van der Waals surface area (Å²) in [7, 11) is 1.62. The van der Waals surface area contributed by atoms with Crippen LogP contribution in [0.3, 0.4) is 0 Å². The molecule has 0 amide bonds. The van der Waals surface area contributed by atoms with Crippen LogP contribution in [0.15, 0.2) is 35.8 Å². The molecule has 0 saturated carbocycles. The molecule has 0 atom stereocenters. The Kier molecular flexibility index (Phi) is 3.32. The van der Waals surface area contributed by atoms with Crippen LogP contribution in [0.2, 0.25) is 0 Å². The molecule has 0 saturated heterocycles. The summed E-state index contributed by atoms with van der Waals surface area (Å²) in [6, 6.07) is 7.75. The van der Waals surface area contributed by atoms with Gasteiger partial charge in [-0.3, -0.25) is 4.79 Å². The molecule has 3 nitrogen and oxygen atoms in total. The van der Waals surface area contributed by atoms with Crippen molar-refractivity contribution >= 4 is 28.0 Å². The van der Waals surface area contributed by atoms with Crippen molar-refractivity contribution < 1.29 is 9.53 Å². The number of aromatic amines is 1. The van der Waals surface area contributed by atoms with Gasteiger partial charge >= 0.3 is 0 Å². The number of benzene rings is 1. The average Bonchev–Trinajstić information content (AvgIpc) is 3.12. The van der Waals surface area contributed by atoms with E-state index in [9.17, 15) is 4.79 Å². The Labute approximate surface area is 121 Å². The van der Waals surface area contributed by atoms with E-state index in [1.54, 1.807) is 13.3 Å². The van der Waals surface area contributed by atoms with E-state index in [-0.39, 0.29) is 5.78 Å². The molecule has 3 aromatic rings. The highest BCUT2D eigenvalue weighted by molar-refractivity contribution is 7.12. The molecule has 20 heavy (non-hydrogen) atoms. The number of hydrogen-bond donors (Lipinski definition) is 1. The first-order chi connectivity index (χ1) is 9.76. The maximum Gasteiger partial charge on any atom is 0.205 e. The number of fused-ring (bicyclic) bond motifs is 1. The summed E-state index contributed by atoms with van der Waals surface area (Å²) in [4.78, 5) is 16.7. The number of ketones is 1. The lowest BCUT2D eigenvalue weighted by Gasteiger charge is -2.04. The minimum atomic E-state index is 0.0626. The third kappa shape index (κ3) is 1.93. The van der Waals surface area contributed by atoms with Gasteiger partial charge in [0.2, 0.25) is 5.78 Å². The Bertz CT molecular complexity index is 770. The third-order valence-corrected chi connectivity index (χ3v) is 4.42. The first-order valence-electron chi connectivity index (χ1n) is 6.51. The molecule has 2 aromatic heterocycles. The Morgan fingerprint density at radius 2 is 2.20 bits per heavy atom. The van der Waals surface area contributed by atoms with Crippen molar-refractivity contribution in [2.75, 3.05) is 7.11 Å². The summed E-state index contributed by atoms with van der Waals surface area (Å²) < 4.78 is 5.38. The second-order valence-corrected chi connectivity index (χ2v) is 5.46. The van der Waals surface area contributed by atoms with E-state index in [0.717, 1.165) is 33.5 Å². The molecule has 0 unspecified atom stereocenters. The van der Waals surface area contributed by atoms with Crippen LogP contribution >= 0.6 is 11.3 Å². The van der Waals surface area contributed by atoms with Gasteiger partial charge in [0.15, 0.2) is 0 Å². The number of carbonyl (C=O) groups excluding carboxylic acids is 1. The summed E-state index contributed by atoms with van der Waals surface area (Å²) >= 11 is 1.50. The Hall–Kier alpha value is -2.07. The molecule has 4 heteroatoms. The lowest BCUT2D eigenvalue weighted by molar-refractivity contribution is 0.104. The van der Waals surface area contributed by atoms with Crippen molar-refractivity contribution in [2.24, 2.45) is 0 Å². The molecule has 2 heterocycles. The molecule has 0 aliphatic carbocycles. The number of carbonyl (C=O) groups is 1. The number of rotatable bonds is 4. The van der Waals surface area contributed by atoms with Crippen LogP contribution in [0.5, 0.6) is 5.75 Å². The fourth-order valence-electron chi connectivity index (χ4n) is 2.44. The second-order valence-electron chi connectivity index (χ2n) is 4.54. The van der Waals surface area contributed by atoms with Crippen LogP contribution in [-0.2, 0) is 6.42 Å². The summed E-state index contributed by atoms with van der Waals surface area (Å²) in [5, 5.41) is 2.83. The molecule has 0 fully saturated rings. The summed E-state index contributed by atoms with van der Waals surface area (Å²) in [6.07, 6.45) is 2.64. The smallest absolute Gasteiger partial charge is 0.205 e. The topological polar surface area (TPSA) is 42.1 Å². The number of aromatic nitrogens is 1. The molecule has 0 bridgehead atoms. The number of methoxy groups -OCH3 is 1. The highest BCUT2D eigenvalue weighted by Gasteiger charge is 2.20. The van der Waals surface area contributed by atoms with Gasteiger partial charge in [0.25, 0.3) is 0 Å². The van der Waals surface area contributed by atoms with E-state index >= 15 is 0 Å². The van der Waals surface area contributed by atoms with Gasteiger partial charge in [-0.25, -0.2) is 0 Å². The second kappa shape index (κ2) is 5.13. The first kappa shape index (κ1) is 12.9. The van der Waals surface area contributed by atoms with Crippen LogP contribution < -0.4 is 4.74 Å². The van der Waals surface area contributed by atoms with Crippen molar-refractivity contribution in [3.8, 4) is 5.75 Å². The molecular formula is C16H15NO2S. The number of hydrogen-bond acceptors (Lipinski definition) is 3. The molecule has 0 aliphatic heterocycles. The van der Waals surface area contributed by atoms with E-state index in [1.807, 2.05) is 29.6 Å². The zero-order valence-corrected chi connectivity index (χ0v) is 12.2. The Balaban J connectivity index is 2.17. The standard InChI is InChI=1S/C16H15NO2S/c1-3-10-7-8-20-16(10)15(18)11-9-17-12-5-4-6-13(19-2)14(11)12/h4-9,17H,3H2,1-2H3. The highest BCUT2D eigenvalue weighted by Crippen LogP contribution is 2.31. The quantitative estimate of drug-likeness (QED) is 0.735. The van der Waals surface area contributed by atoms with Crippen molar-refractivity contribution in [1.29, 1.82) is 0 Å². The fraction of sp³-hybridized carbons (Fsp3) is 0.188. The molecule has 0 radical (unpaired) electrons. The number of ether oxygens (including phenoxy) is 1. The molecule has 1 N–H and O–H groups in total. The minimum absolute atomic E-state index is 0.0626. The summed E-state index contributed by atoms with van der Waals surface area (Å²) in [5.74, 6) is 0.786. The van der Waals surface area contributed by atoms with Gasteiger partial charge in [-0.15, -0.1) is 11.3 Å². The average molecular weight is 285 g/mol. The van der Waals surface area contributed by atoms with E-state index in [2.05, 4.69) is 11.9 Å².